The van der Waals surface area contributed by atoms with Crippen LogP contribution in [0.4, 0.5) is 0 Å². The average Bonchev–Trinajstić information content (AvgIpc) is 3.69. The van der Waals surface area contributed by atoms with Crippen LogP contribution in [0.5, 0.6) is 0 Å². The zero-order valence-electron chi connectivity index (χ0n) is 24.4. The Morgan fingerprint density at radius 2 is 1.79 bits per heavy atom. The summed E-state index contributed by atoms with van der Waals surface area (Å²) in [5, 5.41) is 12.9. The van der Waals surface area contributed by atoms with Crippen LogP contribution in [0.25, 0.3) is 42.9 Å². The van der Waals surface area contributed by atoms with Crippen molar-refractivity contribution in [2.45, 2.75) is 58.4 Å². The normalized spacial score (nSPS) is 16.4. The first kappa shape index (κ1) is 28.2. The number of hydrogen-bond acceptors (Lipinski definition) is 7. The lowest BCUT2D eigenvalue weighted by Gasteiger charge is -2.28. The van der Waals surface area contributed by atoms with Crippen molar-refractivity contribution >= 4 is 55.7 Å². The molecule has 5 aromatic rings. The number of ether oxygens (including phenoxy) is 1. The lowest BCUT2D eigenvalue weighted by atomic mass is 9.82. The van der Waals surface area contributed by atoms with Crippen molar-refractivity contribution in [3.63, 3.8) is 0 Å². The molecule has 0 radical (unpaired) electrons. The maximum atomic E-state index is 13.7. The SMILES string of the molecule is Cc1nc(C)c(-c2ccc3cc(-c4c(C5CCCCC5)c5cc(C(=O)O)sc5n4CC(=O)N4CCOCC4)ccc3n2)s1. The zero-order valence-corrected chi connectivity index (χ0v) is 26.0. The lowest BCUT2D eigenvalue weighted by molar-refractivity contribution is -0.135. The average molecular weight is 615 g/mol. The van der Waals surface area contributed by atoms with Gasteiger partial charge in [0.05, 0.1) is 45.7 Å². The van der Waals surface area contributed by atoms with Crippen LogP contribution >= 0.6 is 22.7 Å². The predicted molar refractivity (Wildman–Crippen MR) is 171 cm³/mol. The van der Waals surface area contributed by atoms with Crippen LogP contribution in [0.15, 0.2) is 36.4 Å². The van der Waals surface area contributed by atoms with Gasteiger partial charge in [-0.3, -0.25) is 4.79 Å². The molecule has 0 unspecified atom stereocenters. The molecule has 1 N–H and O–H groups in total. The molecular weight excluding hydrogens is 581 g/mol. The molecule has 5 heterocycles. The maximum Gasteiger partial charge on any atom is 0.345 e. The Kier molecular flexibility index (Phi) is 7.53. The first-order chi connectivity index (χ1) is 20.9. The predicted octanol–water partition coefficient (Wildman–Crippen LogP) is 7.26. The number of rotatable bonds is 6. The summed E-state index contributed by atoms with van der Waals surface area (Å²) >= 11 is 2.93. The van der Waals surface area contributed by atoms with Gasteiger partial charge in [-0.05, 0) is 68.0 Å². The number of morpholine rings is 1. The molecule has 0 atom stereocenters. The van der Waals surface area contributed by atoms with Gasteiger partial charge in [-0.2, -0.15) is 0 Å². The molecule has 1 saturated heterocycles. The number of carboxylic acid groups (broad SMARTS) is 1. The van der Waals surface area contributed by atoms with E-state index in [0.29, 0.717) is 37.1 Å². The topological polar surface area (TPSA) is 97.5 Å². The molecule has 2 aliphatic rings. The standard InChI is InChI=1S/C33H34N4O4S2/c1-19-31(42-20(2)34-19)26-11-8-22-16-23(9-10-25(22)35-26)30-29(21-6-4-3-5-7-21)24-17-27(33(39)40)43-32(24)37(30)18-28(38)36-12-14-41-15-13-36/h8-11,16-17,21H,3-7,12-15,18H2,1-2H3,(H,39,40). The summed E-state index contributed by atoms with van der Waals surface area (Å²) in [6.45, 7) is 6.42. The molecule has 2 fully saturated rings. The van der Waals surface area contributed by atoms with E-state index < -0.39 is 5.97 Å². The van der Waals surface area contributed by atoms with Crippen molar-refractivity contribution in [1.82, 2.24) is 19.4 Å². The number of carboxylic acids is 1. The number of aryl methyl sites for hydroxylation is 2. The van der Waals surface area contributed by atoms with Crippen molar-refractivity contribution in [2.75, 3.05) is 26.3 Å². The fourth-order valence-corrected chi connectivity index (χ4v) is 8.64. The summed E-state index contributed by atoms with van der Waals surface area (Å²) in [5.74, 6) is -0.581. The number of aromatic carboxylic acids is 1. The molecule has 1 amide bonds. The van der Waals surface area contributed by atoms with Gasteiger partial charge in [-0.25, -0.2) is 14.8 Å². The van der Waals surface area contributed by atoms with E-state index in [4.69, 9.17) is 9.72 Å². The van der Waals surface area contributed by atoms with Gasteiger partial charge in [0.25, 0.3) is 0 Å². The molecule has 0 spiro atoms. The van der Waals surface area contributed by atoms with Crippen LogP contribution in [0.3, 0.4) is 0 Å². The number of benzene rings is 1. The molecule has 1 saturated carbocycles. The summed E-state index contributed by atoms with van der Waals surface area (Å²) < 4.78 is 7.59. The highest BCUT2D eigenvalue weighted by molar-refractivity contribution is 7.20. The second kappa shape index (κ2) is 11.5. The minimum Gasteiger partial charge on any atom is -0.477 e. The number of amides is 1. The van der Waals surface area contributed by atoms with Crippen molar-refractivity contribution in [1.29, 1.82) is 0 Å². The molecule has 7 rings (SSSR count). The molecule has 4 aromatic heterocycles. The van der Waals surface area contributed by atoms with E-state index >= 15 is 0 Å². The highest BCUT2D eigenvalue weighted by Crippen LogP contribution is 2.47. The van der Waals surface area contributed by atoms with E-state index in [2.05, 4.69) is 39.9 Å². The van der Waals surface area contributed by atoms with Crippen LogP contribution in [0.1, 0.15) is 64.0 Å². The summed E-state index contributed by atoms with van der Waals surface area (Å²) in [6, 6.07) is 12.4. The van der Waals surface area contributed by atoms with Crippen LogP contribution in [-0.2, 0) is 16.1 Å². The van der Waals surface area contributed by atoms with E-state index in [9.17, 15) is 14.7 Å². The molecule has 10 heteroatoms. The smallest absolute Gasteiger partial charge is 0.345 e. The Morgan fingerprint density at radius 3 is 2.51 bits per heavy atom. The van der Waals surface area contributed by atoms with Crippen LogP contribution < -0.4 is 0 Å². The van der Waals surface area contributed by atoms with Gasteiger partial charge in [-0.15, -0.1) is 22.7 Å². The second-order valence-electron chi connectivity index (χ2n) is 11.6. The van der Waals surface area contributed by atoms with Crippen molar-refractivity contribution in [3.8, 4) is 21.8 Å². The van der Waals surface area contributed by atoms with E-state index in [-0.39, 0.29) is 12.5 Å². The fourth-order valence-electron chi connectivity index (χ4n) is 6.74. The highest BCUT2D eigenvalue weighted by Gasteiger charge is 2.30. The van der Waals surface area contributed by atoms with Gasteiger partial charge < -0.3 is 19.3 Å². The summed E-state index contributed by atoms with van der Waals surface area (Å²) in [4.78, 5) is 39.4. The van der Waals surface area contributed by atoms with Gasteiger partial charge in [0.2, 0.25) is 5.91 Å². The number of pyridine rings is 1. The van der Waals surface area contributed by atoms with Gasteiger partial charge in [0.1, 0.15) is 16.3 Å². The Bertz CT molecular complexity index is 1860. The van der Waals surface area contributed by atoms with Crippen molar-refractivity contribution in [2.24, 2.45) is 0 Å². The molecule has 1 aliphatic heterocycles. The molecule has 1 aliphatic carbocycles. The van der Waals surface area contributed by atoms with Crippen LogP contribution in [-0.4, -0.2) is 62.7 Å². The number of hydrogen-bond donors (Lipinski definition) is 1. The van der Waals surface area contributed by atoms with Crippen LogP contribution in [0, 0.1) is 13.8 Å². The quantitative estimate of drug-likeness (QED) is 0.216. The second-order valence-corrected chi connectivity index (χ2v) is 13.8. The number of aromatic nitrogens is 3. The number of carbonyl (C=O) groups excluding carboxylic acids is 1. The zero-order chi connectivity index (χ0) is 29.7. The third-order valence-electron chi connectivity index (χ3n) is 8.75. The maximum absolute atomic E-state index is 13.7. The van der Waals surface area contributed by atoms with Gasteiger partial charge in [-0.1, -0.05) is 31.4 Å². The van der Waals surface area contributed by atoms with E-state index in [1.807, 2.05) is 24.8 Å². The number of fused-ring (bicyclic) bond motifs is 2. The third-order valence-corrected chi connectivity index (χ3v) is 11.0. The Balaban J connectivity index is 1.39. The lowest BCUT2D eigenvalue weighted by Crippen LogP contribution is -2.42. The number of thiophene rings is 1. The van der Waals surface area contributed by atoms with E-state index in [0.717, 1.165) is 79.3 Å². The molecule has 1 aromatic carbocycles. The van der Waals surface area contributed by atoms with Gasteiger partial charge in [0, 0.05) is 23.9 Å². The van der Waals surface area contributed by atoms with Crippen LogP contribution in [0.2, 0.25) is 0 Å². The summed E-state index contributed by atoms with van der Waals surface area (Å²) in [5.41, 5.74) is 6.07. The van der Waals surface area contributed by atoms with Crippen molar-refractivity contribution in [3.05, 3.63) is 57.5 Å². The number of nitrogens with zero attached hydrogens (tertiary/aromatic N) is 4. The molecule has 43 heavy (non-hydrogen) atoms. The van der Waals surface area contributed by atoms with Gasteiger partial charge in [0.15, 0.2) is 0 Å². The fraction of sp³-hybridized carbons (Fsp3) is 0.394. The Labute approximate surface area is 258 Å². The molecule has 222 valence electrons. The monoisotopic (exact) mass is 614 g/mol. The molecular formula is C33H34N4O4S2. The minimum atomic E-state index is -0.928. The Hall–Kier alpha value is -3.60. The van der Waals surface area contributed by atoms with Gasteiger partial charge >= 0.3 is 5.97 Å². The number of carbonyl (C=O) groups is 2. The van der Waals surface area contributed by atoms with E-state index in [1.165, 1.54) is 23.3 Å². The highest BCUT2D eigenvalue weighted by atomic mass is 32.1. The molecule has 0 bridgehead atoms. The van der Waals surface area contributed by atoms with E-state index in [1.54, 1.807) is 11.3 Å². The first-order valence-electron chi connectivity index (χ1n) is 15.0. The minimum absolute atomic E-state index is 0.0317. The van der Waals surface area contributed by atoms with Crippen molar-refractivity contribution < 1.29 is 19.4 Å². The number of thiazole rings is 1. The third kappa shape index (κ3) is 5.25. The Morgan fingerprint density at radius 1 is 1.00 bits per heavy atom. The summed E-state index contributed by atoms with van der Waals surface area (Å²) in [6.07, 6.45) is 5.65. The summed E-state index contributed by atoms with van der Waals surface area (Å²) in [7, 11) is 0. The largest absolute Gasteiger partial charge is 0.477 e. The first-order valence-corrected chi connectivity index (χ1v) is 16.6. The molecule has 8 nitrogen and oxygen atoms in total.